The Balaban J connectivity index is 1.95. The van der Waals surface area contributed by atoms with Gasteiger partial charge in [0, 0.05) is 13.7 Å². The maximum atomic E-state index is 12.2. The molecule has 2 N–H and O–H groups in total. The van der Waals surface area contributed by atoms with Crippen LogP contribution in [0.2, 0.25) is 0 Å². The van der Waals surface area contributed by atoms with Crippen molar-refractivity contribution in [3.63, 3.8) is 0 Å². The number of nitrogens with zero attached hydrogens (tertiary/aromatic N) is 1. The molecule has 0 saturated carbocycles. The first-order valence-corrected chi connectivity index (χ1v) is 7.07. The molecule has 2 unspecified atom stereocenters. The van der Waals surface area contributed by atoms with Crippen LogP contribution in [0.15, 0.2) is 24.3 Å². The van der Waals surface area contributed by atoms with E-state index in [-0.39, 0.29) is 18.6 Å². The molecular weight excluding hydrogens is 272 g/mol. The first-order valence-electron chi connectivity index (χ1n) is 7.07. The van der Waals surface area contributed by atoms with Gasteiger partial charge in [0.1, 0.15) is 12.6 Å². The van der Waals surface area contributed by atoms with E-state index in [2.05, 4.69) is 0 Å². The van der Waals surface area contributed by atoms with Gasteiger partial charge in [0.05, 0.1) is 13.2 Å². The minimum absolute atomic E-state index is 0.137. The fourth-order valence-corrected chi connectivity index (χ4v) is 2.26. The predicted molar refractivity (Wildman–Crippen MR) is 78.5 cm³/mol. The highest BCUT2D eigenvalue weighted by atomic mass is 16.6. The number of benzene rings is 1. The average Bonchev–Trinajstić information content (AvgIpc) is 2.52. The number of hydrogen-bond acceptors (Lipinski definition) is 5. The summed E-state index contributed by atoms with van der Waals surface area (Å²) in [5, 5.41) is 0. The number of methoxy groups -OCH3 is 1. The number of hydrogen-bond donors (Lipinski definition) is 1. The molecule has 0 saturated heterocycles. The van der Waals surface area contributed by atoms with Gasteiger partial charge < -0.3 is 24.8 Å². The number of nitrogens with two attached hydrogens (primary N) is 1. The fraction of sp³-hybridized carbons (Fsp3) is 0.533. The van der Waals surface area contributed by atoms with Crippen LogP contribution < -0.4 is 15.2 Å². The van der Waals surface area contributed by atoms with Gasteiger partial charge in [0.2, 0.25) is 5.91 Å². The molecule has 6 nitrogen and oxygen atoms in total. The SMILES string of the molecule is CCN(CC1COc2ccccc2O1)C(=O)C(N)COC. The minimum Gasteiger partial charge on any atom is -0.486 e. The molecule has 1 amide bonds. The Morgan fingerprint density at radius 2 is 2.19 bits per heavy atom. The van der Waals surface area contributed by atoms with E-state index in [0.717, 1.165) is 5.75 Å². The molecule has 1 heterocycles. The maximum Gasteiger partial charge on any atom is 0.241 e. The predicted octanol–water partition coefficient (Wildman–Crippen LogP) is 0.649. The van der Waals surface area contributed by atoms with Crippen LogP contribution in [0.25, 0.3) is 0 Å². The number of amides is 1. The van der Waals surface area contributed by atoms with Gasteiger partial charge in [-0.3, -0.25) is 4.79 Å². The molecule has 0 radical (unpaired) electrons. The van der Waals surface area contributed by atoms with Crippen molar-refractivity contribution in [1.29, 1.82) is 0 Å². The van der Waals surface area contributed by atoms with E-state index < -0.39 is 6.04 Å². The summed E-state index contributed by atoms with van der Waals surface area (Å²) >= 11 is 0. The topological polar surface area (TPSA) is 74.0 Å². The third-order valence-electron chi connectivity index (χ3n) is 3.35. The number of rotatable bonds is 6. The van der Waals surface area contributed by atoms with Gasteiger partial charge in [-0.1, -0.05) is 12.1 Å². The minimum atomic E-state index is -0.647. The summed E-state index contributed by atoms with van der Waals surface area (Å²) in [4.78, 5) is 13.9. The smallest absolute Gasteiger partial charge is 0.241 e. The van der Waals surface area contributed by atoms with Gasteiger partial charge in [-0.05, 0) is 19.1 Å². The normalized spacial score (nSPS) is 18.1. The molecule has 2 rings (SSSR count). The standard InChI is InChI=1S/C15H22N2O4/c1-3-17(15(18)12(16)10-19-2)8-11-9-20-13-6-4-5-7-14(13)21-11/h4-7,11-12H,3,8-10,16H2,1-2H3. The second-order valence-electron chi connectivity index (χ2n) is 4.94. The lowest BCUT2D eigenvalue weighted by Gasteiger charge is -2.31. The molecule has 0 aliphatic carbocycles. The lowest BCUT2D eigenvalue weighted by Crippen LogP contribution is -2.50. The van der Waals surface area contributed by atoms with E-state index in [1.54, 1.807) is 4.90 Å². The molecular formula is C15H22N2O4. The molecule has 1 aliphatic rings. The molecule has 6 heteroatoms. The zero-order chi connectivity index (χ0) is 15.2. The van der Waals surface area contributed by atoms with Crippen molar-refractivity contribution in [2.75, 3.05) is 33.4 Å². The monoisotopic (exact) mass is 294 g/mol. The Labute approximate surface area is 124 Å². The Kier molecular flexibility index (Phi) is 5.41. The Bertz CT molecular complexity index is 480. The second-order valence-corrected chi connectivity index (χ2v) is 4.94. The molecule has 0 spiro atoms. The van der Waals surface area contributed by atoms with Gasteiger partial charge in [-0.15, -0.1) is 0 Å². The number of fused-ring (bicyclic) bond motifs is 1. The summed E-state index contributed by atoms with van der Waals surface area (Å²) < 4.78 is 16.4. The van der Waals surface area contributed by atoms with Crippen molar-refractivity contribution < 1.29 is 19.0 Å². The van der Waals surface area contributed by atoms with Crippen molar-refractivity contribution in [2.45, 2.75) is 19.1 Å². The molecule has 1 aromatic carbocycles. The van der Waals surface area contributed by atoms with Crippen LogP contribution >= 0.6 is 0 Å². The average molecular weight is 294 g/mol. The quantitative estimate of drug-likeness (QED) is 0.834. The first kappa shape index (κ1) is 15.6. The van der Waals surface area contributed by atoms with E-state index in [4.69, 9.17) is 19.9 Å². The van der Waals surface area contributed by atoms with E-state index in [0.29, 0.717) is 25.4 Å². The van der Waals surface area contributed by atoms with Crippen LogP contribution in [0.5, 0.6) is 11.5 Å². The van der Waals surface area contributed by atoms with Crippen LogP contribution in [-0.4, -0.2) is 56.4 Å². The Morgan fingerprint density at radius 1 is 1.48 bits per heavy atom. The Morgan fingerprint density at radius 3 is 2.86 bits per heavy atom. The Hall–Kier alpha value is -1.79. The fourth-order valence-electron chi connectivity index (χ4n) is 2.26. The first-order chi connectivity index (χ1) is 10.2. The highest BCUT2D eigenvalue weighted by molar-refractivity contribution is 5.81. The van der Waals surface area contributed by atoms with Crippen molar-refractivity contribution >= 4 is 5.91 Å². The van der Waals surface area contributed by atoms with Crippen molar-refractivity contribution in [3.8, 4) is 11.5 Å². The number of carbonyl (C=O) groups is 1. The van der Waals surface area contributed by atoms with Crippen LogP contribution in [0.3, 0.4) is 0 Å². The molecule has 0 bridgehead atoms. The van der Waals surface area contributed by atoms with Crippen LogP contribution in [0.1, 0.15) is 6.92 Å². The van der Waals surface area contributed by atoms with Crippen molar-refractivity contribution in [3.05, 3.63) is 24.3 Å². The number of ether oxygens (including phenoxy) is 3. The van der Waals surface area contributed by atoms with Crippen molar-refractivity contribution in [2.24, 2.45) is 5.73 Å². The van der Waals surface area contributed by atoms with Gasteiger partial charge in [-0.25, -0.2) is 0 Å². The van der Waals surface area contributed by atoms with Gasteiger partial charge in [0.25, 0.3) is 0 Å². The molecule has 1 aliphatic heterocycles. The molecule has 2 atom stereocenters. The third-order valence-corrected chi connectivity index (χ3v) is 3.35. The molecule has 0 aromatic heterocycles. The summed E-state index contributed by atoms with van der Waals surface area (Å²) in [6.07, 6.45) is -0.196. The summed E-state index contributed by atoms with van der Waals surface area (Å²) in [5.74, 6) is 1.31. The van der Waals surface area contributed by atoms with Crippen LogP contribution in [0.4, 0.5) is 0 Å². The summed E-state index contributed by atoms with van der Waals surface area (Å²) in [6, 6.07) is 6.86. The highest BCUT2D eigenvalue weighted by Crippen LogP contribution is 2.30. The number of likely N-dealkylation sites (N-methyl/N-ethyl adjacent to an activating group) is 1. The van der Waals surface area contributed by atoms with E-state index in [1.165, 1.54) is 7.11 Å². The maximum absolute atomic E-state index is 12.2. The molecule has 0 fully saturated rings. The number of carbonyl (C=O) groups excluding carboxylic acids is 1. The van der Waals surface area contributed by atoms with Crippen LogP contribution in [-0.2, 0) is 9.53 Å². The number of para-hydroxylation sites is 2. The van der Waals surface area contributed by atoms with Gasteiger partial charge in [-0.2, -0.15) is 0 Å². The lowest BCUT2D eigenvalue weighted by atomic mass is 10.2. The van der Waals surface area contributed by atoms with Gasteiger partial charge in [0.15, 0.2) is 17.6 Å². The zero-order valence-electron chi connectivity index (χ0n) is 12.5. The molecule has 116 valence electrons. The summed E-state index contributed by atoms with van der Waals surface area (Å²) in [5.41, 5.74) is 5.80. The zero-order valence-corrected chi connectivity index (χ0v) is 12.5. The van der Waals surface area contributed by atoms with E-state index >= 15 is 0 Å². The molecule has 1 aromatic rings. The third kappa shape index (κ3) is 3.86. The van der Waals surface area contributed by atoms with Gasteiger partial charge >= 0.3 is 0 Å². The van der Waals surface area contributed by atoms with E-state index in [9.17, 15) is 4.79 Å². The largest absolute Gasteiger partial charge is 0.486 e. The lowest BCUT2D eigenvalue weighted by molar-refractivity contribution is -0.135. The summed E-state index contributed by atoms with van der Waals surface area (Å²) in [7, 11) is 1.53. The van der Waals surface area contributed by atoms with Crippen molar-refractivity contribution in [1.82, 2.24) is 4.90 Å². The summed E-state index contributed by atoms with van der Waals surface area (Å²) in [6.45, 7) is 3.55. The highest BCUT2D eigenvalue weighted by Gasteiger charge is 2.27. The molecule has 21 heavy (non-hydrogen) atoms. The van der Waals surface area contributed by atoms with E-state index in [1.807, 2.05) is 31.2 Å². The second kappa shape index (κ2) is 7.28. The van der Waals surface area contributed by atoms with Crippen LogP contribution in [0, 0.1) is 0 Å².